The molecular weight excluding hydrogens is 363 g/mol. The molecule has 4 nitrogen and oxygen atoms in total. The molecule has 0 aliphatic carbocycles. The van der Waals surface area contributed by atoms with Crippen LogP contribution in [-0.4, -0.2) is 48.1 Å². The number of hydrogen-bond donors (Lipinski definition) is 1. The van der Waals surface area contributed by atoms with Crippen LogP contribution in [0.2, 0.25) is 0 Å². The van der Waals surface area contributed by atoms with Crippen LogP contribution in [0.15, 0.2) is 53.4 Å². The van der Waals surface area contributed by atoms with Gasteiger partial charge in [0.05, 0.1) is 11.6 Å². The molecule has 6 heteroatoms. The average molecular weight is 389 g/mol. The van der Waals surface area contributed by atoms with Gasteiger partial charge in [0.15, 0.2) is 0 Å². The van der Waals surface area contributed by atoms with Crippen molar-refractivity contribution in [1.29, 1.82) is 5.26 Å². The molecule has 1 atom stereocenters. The molecule has 2 rings (SSSR count). The van der Waals surface area contributed by atoms with Crippen molar-refractivity contribution >= 4 is 11.8 Å². The lowest BCUT2D eigenvalue weighted by atomic mass is 10.2. The van der Waals surface area contributed by atoms with E-state index in [1.54, 1.807) is 48.2 Å². The van der Waals surface area contributed by atoms with Gasteiger partial charge in [-0.2, -0.15) is 5.26 Å². The highest BCUT2D eigenvalue weighted by Gasteiger charge is 2.11. The highest BCUT2D eigenvalue weighted by Crippen LogP contribution is 2.19. The lowest BCUT2D eigenvalue weighted by Gasteiger charge is -2.23. The van der Waals surface area contributed by atoms with Crippen molar-refractivity contribution in [2.75, 3.05) is 32.0 Å². The maximum Gasteiger partial charge on any atom is 0.124 e. The normalized spacial score (nSPS) is 12.0. The Bertz CT molecular complexity index is 734. The van der Waals surface area contributed by atoms with Gasteiger partial charge in [-0.3, -0.25) is 0 Å². The van der Waals surface area contributed by atoms with Crippen LogP contribution in [0.1, 0.15) is 18.9 Å². The summed E-state index contributed by atoms with van der Waals surface area (Å²) in [4.78, 5) is 3.12. The van der Waals surface area contributed by atoms with Gasteiger partial charge in [0.1, 0.15) is 24.3 Å². The summed E-state index contributed by atoms with van der Waals surface area (Å²) >= 11 is 1.64. The van der Waals surface area contributed by atoms with Crippen molar-refractivity contribution in [3.05, 3.63) is 59.9 Å². The van der Waals surface area contributed by atoms with Gasteiger partial charge >= 0.3 is 0 Å². The predicted octanol–water partition coefficient (Wildman–Crippen LogP) is 3.94. The van der Waals surface area contributed by atoms with E-state index in [1.165, 1.54) is 6.07 Å². The number of hydrogen-bond acceptors (Lipinski definition) is 5. The quantitative estimate of drug-likeness (QED) is 0.467. The highest BCUT2D eigenvalue weighted by atomic mass is 32.2. The summed E-state index contributed by atoms with van der Waals surface area (Å²) in [6.07, 6.45) is 0.370. The molecule has 0 amide bonds. The summed E-state index contributed by atoms with van der Waals surface area (Å²) in [6.45, 7) is 4.52. The smallest absolute Gasteiger partial charge is 0.124 e. The molecule has 0 bridgehead atoms. The second kappa shape index (κ2) is 11.6. The zero-order valence-corrected chi connectivity index (χ0v) is 16.3. The highest BCUT2D eigenvalue weighted by molar-refractivity contribution is 7.99. The number of thioether (sulfide) groups is 1. The van der Waals surface area contributed by atoms with Gasteiger partial charge in [-0.05, 0) is 67.7 Å². The molecular formula is C21H25FN2O2S. The SMILES string of the molecule is CCN(CCCSc1cccc(F)c1)CC(O)COc1ccc(C#N)cc1. The summed E-state index contributed by atoms with van der Waals surface area (Å²) in [7, 11) is 0. The number of rotatable bonds is 11. The standard InChI is InChI=1S/C21H25FN2O2S/c1-2-24(11-4-12-27-21-6-3-5-18(22)13-21)15-19(25)16-26-20-9-7-17(14-23)8-10-20/h3,5-10,13,19,25H,2,4,11-12,15-16H2,1H3. The first-order valence-corrected chi connectivity index (χ1v) is 10.0. The van der Waals surface area contributed by atoms with Crippen molar-refractivity contribution < 1.29 is 14.2 Å². The lowest BCUT2D eigenvalue weighted by Crippen LogP contribution is -2.36. The number of aliphatic hydroxyl groups excluding tert-OH is 1. The summed E-state index contributed by atoms with van der Waals surface area (Å²) in [5.74, 6) is 1.33. The fourth-order valence-corrected chi connectivity index (χ4v) is 3.46. The fourth-order valence-electron chi connectivity index (χ4n) is 2.58. The number of halogens is 1. The van der Waals surface area contributed by atoms with E-state index in [0.717, 1.165) is 30.2 Å². The van der Waals surface area contributed by atoms with Crippen LogP contribution in [0.4, 0.5) is 4.39 Å². The summed E-state index contributed by atoms with van der Waals surface area (Å²) in [5, 5.41) is 19.0. The van der Waals surface area contributed by atoms with E-state index in [1.807, 2.05) is 6.07 Å². The van der Waals surface area contributed by atoms with E-state index < -0.39 is 6.10 Å². The molecule has 0 radical (unpaired) electrons. The molecule has 0 saturated heterocycles. The maximum atomic E-state index is 13.2. The minimum atomic E-state index is -0.587. The number of ether oxygens (including phenoxy) is 1. The van der Waals surface area contributed by atoms with E-state index >= 15 is 0 Å². The Balaban J connectivity index is 1.66. The Morgan fingerprint density at radius 1 is 1.26 bits per heavy atom. The molecule has 0 spiro atoms. The lowest BCUT2D eigenvalue weighted by molar-refractivity contribution is 0.0700. The van der Waals surface area contributed by atoms with Crippen LogP contribution in [0.3, 0.4) is 0 Å². The zero-order valence-electron chi connectivity index (χ0n) is 15.5. The van der Waals surface area contributed by atoms with Gasteiger partial charge in [0.2, 0.25) is 0 Å². The van der Waals surface area contributed by atoms with E-state index in [0.29, 0.717) is 17.9 Å². The van der Waals surface area contributed by atoms with Crippen molar-refractivity contribution in [2.24, 2.45) is 0 Å². The average Bonchev–Trinajstić information content (AvgIpc) is 2.69. The van der Waals surface area contributed by atoms with Gasteiger partial charge < -0.3 is 14.7 Å². The van der Waals surface area contributed by atoms with E-state index in [-0.39, 0.29) is 12.4 Å². The number of aliphatic hydroxyl groups is 1. The van der Waals surface area contributed by atoms with Crippen LogP contribution in [0, 0.1) is 17.1 Å². The van der Waals surface area contributed by atoms with Crippen LogP contribution < -0.4 is 4.74 Å². The van der Waals surface area contributed by atoms with Gasteiger partial charge in [-0.25, -0.2) is 4.39 Å². The third-order valence-corrected chi connectivity index (χ3v) is 5.11. The third-order valence-electron chi connectivity index (χ3n) is 4.03. The Kier molecular flexibility index (Phi) is 9.12. The molecule has 27 heavy (non-hydrogen) atoms. The molecule has 0 heterocycles. The second-order valence-electron chi connectivity index (χ2n) is 6.15. The Morgan fingerprint density at radius 3 is 2.70 bits per heavy atom. The fraction of sp³-hybridized carbons (Fsp3) is 0.381. The summed E-state index contributed by atoms with van der Waals surface area (Å²) < 4.78 is 18.7. The molecule has 0 saturated carbocycles. The van der Waals surface area contributed by atoms with Gasteiger partial charge in [-0.15, -0.1) is 11.8 Å². The first kappa shape index (κ1) is 21.2. The van der Waals surface area contributed by atoms with Crippen molar-refractivity contribution in [3.63, 3.8) is 0 Å². The second-order valence-corrected chi connectivity index (χ2v) is 7.32. The Hall–Kier alpha value is -2.07. The monoisotopic (exact) mass is 388 g/mol. The Labute approximate surface area is 164 Å². The minimum Gasteiger partial charge on any atom is -0.491 e. The van der Waals surface area contributed by atoms with Crippen LogP contribution in [-0.2, 0) is 0 Å². The van der Waals surface area contributed by atoms with Crippen LogP contribution in [0.5, 0.6) is 5.75 Å². The van der Waals surface area contributed by atoms with E-state index in [9.17, 15) is 9.50 Å². The molecule has 144 valence electrons. The predicted molar refractivity (Wildman–Crippen MR) is 107 cm³/mol. The third kappa shape index (κ3) is 8.00. The molecule has 1 N–H and O–H groups in total. The largest absolute Gasteiger partial charge is 0.491 e. The minimum absolute atomic E-state index is 0.208. The van der Waals surface area contributed by atoms with Gasteiger partial charge in [0.25, 0.3) is 0 Å². The maximum absolute atomic E-state index is 13.2. The molecule has 0 aliphatic rings. The molecule has 1 unspecified atom stereocenters. The van der Waals surface area contributed by atoms with Crippen LogP contribution >= 0.6 is 11.8 Å². The summed E-state index contributed by atoms with van der Waals surface area (Å²) in [6, 6.07) is 15.5. The van der Waals surface area contributed by atoms with Crippen LogP contribution in [0.25, 0.3) is 0 Å². The molecule has 0 aromatic heterocycles. The Morgan fingerprint density at radius 2 is 2.04 bits per heavy atom. The van der Waals surface area contributed by atoms with E-state index in [4.69, 9.17) is 10.00 Å². The first-order chi connectivity index (χ1) is 13.1. The van der Waals surface area contributed by atoms with Crippen molar-refractivity contribution in [3.8, 4) is 11.8 Å². The molecule has 2 aromatic rings. The van der Waals surface area contributed by atoms with Crippen molar-refractivity contribution in [2.45, 2.75) is 24.3 Å². The number of nitrogens with zero attached hydrogens (tertiary/aromatic N) is 2. The molecule has 2 aromatic carbocycles. The zero-order chi connectivity index (χ0) is 19.5. The number of benzene rings is 2. The molecule has 0 aliphatic heterocycles. The summed E-state index contributed by atoms with van der Waals surface area (Å²) in [5.41, 5.74) is 0.580. The van der Waals surface area contributed by atoms with Gasteiger partial charge in [0, 0.05) is 11.4 Å². The first-order valence-electron chi connectivity index (χ1n) is 9.02. The number of likely N-dealkylation sites (N-methyl/N-ethyl adjacent to an activating group) is 1. The van der Waals surface area contributed by atoms with Crippen molar-refractivity contribution in [1.82, 2.24) is 4.90 Å². The topological polar surface area (TPSA) is 56.5 Å². The molecule has 0 fully saturated rings. The van der Waals surface area contributed by atoms with E-state index in [2.05, 4.69) is 17.9 Å². The number of nitriles is 1. The van der Waals surface area contributed by atoms with Gasteiger partial charge in [-0.1, -0.05) is 13.0 Å².